The summed E-state index contributed by atoms with van der Waals surface area (Å²) >= 11 is 6.05. The van der Waals surface area contributed by atoms with E-state index in [1.54, 1.807) is 13.3 Å². The molecule has 0 spiro atoms. The van der Waals surface area contributed by atoms with Gasteiger partial charge in [-0.1, -0.05) is 17.7 Å². The number of nitrogens with one attached hydrogen (secondary N) is 1. The third-order valence-corrected chi connectivity index (χ3v) is 2.83. The standard InChI is InChI=1S/C11H8ClN3O/c1-16-8-4-2-3-7-9(8)6-5-13-15-10(6)11(12)14-7/h2-5H,1H3,(H,13,15). The maximum atomic E-state index is 6.05. The lowest BCUT2D eigenvalue weighted by Gasteiger charge is -2.06. The van der Waals surface area contributed by atoms with E-state index in [1.807, 2.05) is 18.2 Å². The van der Waals surface area contributed by atoms with E-state index >= 15 is 0 Å². The number of fused-ring (bicyclic) bond motifs is 3. The Kier molecular flexibility index (Phi) is 1.97. The minimum Gasteiger partial charge on any atom is -0.496 e. The average Bonchev–Trinajstić information content (AvgIpc) is 2.77. The van der Waals surface area contributed by atoms with Crippen molar-refractivity contribution in [2.75, 3.05) is 7.11 Å². The number of halogens is 1. The van der Waals surface area contributed by atoms with Gasteiger partial charge in [0.2, 0.25) is 0 Å². The zero-order valence-electron chi connectivity index (χ0n) is 8.49. The van der Waals surface area contributed by atoms with Gasteiger partial charge >= 0.3 is 0 Å². The highest BCUT2D eigenvalue weighted by atomic mass is 35.5. The normalized spacial score (nSPS) is 11.1. The summed E-state index contributed by atoms with van der Waals surface area (Å²) in [6, 6.07) is 5.68. The van der Waals surface area contributed by atoms with Gasteiger partial charge in [-0.3, -0.25) is 5.10 Å². The van der Waals surface area contributed by atoms with Crippen LogP contribution < -0.4 is 4.74 Å². The van der Waals surface area contributed by atoms with Crippen molar-refractivity contribution in [2.24, 2.45) is 0 Å². The van der Waals surface area contributed by atoms with E-state index in [-0.39, 0.29) is 0 Å². The maximum absolute atomic E-state index is 6.05. The molecule has 1 aromatic carbocycles. The van der Waals surface area contributed by atoms with Crippen LogP contribution in [0.1, 0.15) is 0 Å². The number of nitrogens with zero attached hydrogens (tertiary/aromatic N) is 2. The Morgan fingerprint density at radius 1 is 1.38 bits per heavy atom. The van der Waals surface area contributed by atoms with Gasteiger partial charge in [-0.2, -0.15) is 5.10 Å². The van der Waals surface area contributed by atoms with E-state index in [0.29, 0.717) is 5.15 Å². The van der Waals surface area contributed by atoms with Gasteiger partial charge in [-0.15, -0.1) is 0 Å². The number of methoxy groups -OCH3 is 1. The second-order valence-corrected chi connectivity index (χ2v) is 3.77. The van der Waals surface area contributed by atoms with Crippen molar-refractivity contribution in [1.29, 1.82) is 0 Å². The van der Waals surface area contributed by atoms with Crippen LogP contribution in [0.5, 0.6) is 5.75 Å². The SMILES string of the molecule is COc1cccc2nc(Cl)c3[nH]ncc3c12. The number of rotatable bonds is 1. The van der Waals surface area contributed by atoms with E-state index in [0.717, 1.165) is 27.6 Å². The molecule has 4 nitrogen and oxygen atoms in total. The third kappa shape index (κ3) is 1.17. The van der Waals surface area contributed by atoms with Gasteiger partial charge in [0.15, 0.2) is 5.15 Å². The summed E-state index contributed by atoms with van der Waals surface area (Å²) in [5.74, 6) is 0.771. The molecular weight excluding hydrogens is 226 g/mol. The molecule has 0 aliphatic heterocycles. The highest BCUT2D eigenvalue weighted by Crippen LogP contribution is 2.33. The molecule has 5 heteroatoms. The van der Waals surface area contributed by atoms with Crippen LogP contribution in [0.4, 0.5) is 0 Å². The third-order valence-electron chi connectivity index (χ3n) is 2.56. The highest BCUT2D eigenvalue weighted by Gasteiger charge is 2.11. The molecule has 2 heterocycles. The van der Waals surface area contributed by atoms with Crippen molar-refractivity contribution in [3.05, 3.63) is 29.5 Å². The van der Waals surface area contributed by atoms with Gasteiger partial charge in [-0.05, 0) is 12.1 Å². The topological polar surface area (TPSA) is 50.8 Å². The summed E-state index contributed by atoms with van der Waals surface area (Å²) in [6.07, 6.45) is 1.73. The van der Waals surface area contributed by atoms with E-state index in [9.17, 15) is 0 Å². The first-order valence-electron chi connectivity index (χ1n) is 4.76. The van der Waals surface area contributed by atoms with E-state index in [4.69, 9.17) is 16.3 Å². The Bertz CT molecular complexity index is 677. The molecule has 0 radical (unpaired) electrons. The number of hydrogen-bond donors (Lipinski definition) is 1. The maximum Gasteiger partial charge on any atom is 0.155 e. The predicted octanol–water partition coefficient (Wildman–Crippen LogP) is 2.77. The highest BCUT2D eigenvalue weighted by molar-refractivity contribution is 6.35. The van der Waals surface area contributed by atoms with E-state index < -0.39 is 0 Å². The van der Waals surface area contributed by atoms with Gasteiger partial charge in [0.05, 0.1) is 24.2 Å². The Hall–Kier alpha value is -1.81. The zero-order chi connectivity index (χ0) is 11.1. The van der Waals surface area contributed by atoms with E-state index in [1.165, 1.54) is 0 Å². The van der Waals surface area contributed by atoms with E-state index in [2.05, 4.69) is 15.2 Å². The number of pyridine rings is 1. The number of benzene rings is 1. The molecule has 80 valence electrons. The lowest BCUT2D eigenvalue weighted by molar-refractivity contribution is 0.420. The van der Waals surface area contributed by atoms with Gasteiger partial charge in [0.25, 0.3) is 0 Å². The largest absolute Gasteiger partial charge is 0.496 e. The monoisotopic (exact) mass is 233 g/mol. The molecule has 0 unspecified atom stereocenters. The van der Waals surface area contributed by atoms with Gasteiger partial charge < -0.3 is 4.74 Å². The van der Waals surface area contributed by atoms with Crippen LogP contribution in [0.25, 0.3) is 21.8 Å². The van der Waals surface area contributed by atoms with Crippen LogP contribution in [0, 0.1) is 0 Å². The van der Waals surface area contributed by atoms with Crippen molar-refractivity contribution in [2.45, 2.75) is 0 Å². The molecule has 0 aliphatic rings. The van der Waals surface area contributed by atoms with Crippen LogP contribution in [0.3, 0.4) is 0 Å². The number of aromatic nitrogens is 3. The molecule has 3 aromatic rings. The molecule has 0 fully saturated rings. The fourth-order valence-corrected chi connectivity index (χ4v) is 2.08. The molecule has 16 heavy (non-hydrogen) atoms. The minimum atomic E-state index is 0.424. The van der Waals surface area contributed by atoms with Crippen LogP contribution >= 0.6 is 11.6 Å². The summed E-state index contributed by atoms with van der Waals surface area (Å²) in [4.78, 5) is 4.30. The van der Waals surface area contributed by atoms with Crippen molar-refractivity contribution in [3.63, 3.8) is 0 Å². The van der Waals surface area contributed by atoms with Crippen LogP contribution in [-0.4, -0.2) is 22.3 Å². The summed E-state index contributed by atoms with van der Waals surface area (Å²) < 4.78 is 5.32. The smallest absolute Gasteiger partial charge is 0.155 e. The fraction of sp³-hybridized carbons (Fsp3) is 0.0909. The molecule has 0 bridgehead atoms. The summed E-state index contributed by atoms with van der Waals surface area (Å²) in [5.41, 5.74) is 1.54. The first-order valence-corrected chi connectivity index (χ1v) is 5.14. The average molecular weight is 234 g/mol. The molecule has 1 N–H and O–H groups in total. The molecule has 0 atom stereocenters. The Balaban J connectivity index is 2.60. The predicted molar refractivity (Wildman–Crippen MR) is 63.0 cm³/mol. The quantitative estimate of drug-likeness (QED) is 0.658. The Labute approximate surface area is 96.2 Å². The second kappa shape index (κ2) is 3.35. The molecule has 0 amide bonds. The van der Waals surface area contributed by atoms with Crippen molar-refractivity contribution in [3.8, 4) is 5.75 Å². The first kappa shape index (κ1) is 9.42. The van der Waals surface area contributed by atoms with Crippen LogP contribution in [0.2, 0.25) is 5.15 Å². The van der Waals surface area contributed by atoms with Gasteiger partial charge in [0.1, 0.15) is 11.3 Å². The van der Waals surface area contributed by atoms with Gasteiger partial charge in [0, 0.05) is 5.39 Å². The fourth-order valence-electron chi connectivity index (χ4n) is 1.85. The number of hydrogen-bond acceptors (Lipinski definition) is 3. The lowest BCUT2D eigenvalue weighted by Crippen LogP contribution is -1.88. The molecule has 3 rings (SSSR count). The molecule has 0 aliphatic carbocycles. The number of H-pyrrole nitrogens is 1. The summed E-state index contributed by atoms with van der Waals surface area (Å²) in [7, 11) is 1.63. The molecular formula is C11H8ClN3O. The lowest BCUT2D eigenvalue weighted by atomic mass is 10.1. The van der Waals surface area contributed by atoms with Crippen molar-refractivity contribution in [1.82, 2.24) is 15.2 Å². The van der Waals surface area contributed by atoms with Crippen LogP contribution in [-0.2, 0) is 0 Å². The van der Waals surface area contributed by atoms with Crippen molar-refractivity contribution < 1.29 is 4.74 Å². The summed E-state index contributed by atoms with van der Waals surface area (Å²) in [5, 5.41) is 9.09. The Morgan fingerprint density at radius 2 is 2.25 bits per heavy atom. The first-order chi connectivity index (χ1) is 7.81. The number of aromatic amines is 1. The Morgan fingerprint density at radius 3 is 3.06 bits per heavy atom. The second-order valence-electron chi connectivity index (χ2n) is 3.42. The molecule has 2 aromatic heterocycles. The molecule has 0 saturated heterocycles. The molecule has 0 saturated carbocycles. The van der Waals surface area contributed by atoms with Gasteiger partial charge in [-0.25, -0.2) is 4.98 Å². The zero-order valence-corrected chi connectivity index (χ0v) is 9.25. The number of ether oxygens (including phenoxy) is 1. The minimum absolute atomic E-state index is 0.424. The van der Waals surface area contributed by atoms with Crippen molar-refractivity contribution >= 4 is 33.4 Å². The summed E-state index contributed by atoms with van der Waals surface area (Å²) in [6.45, 7) is 0. The van der Waals surface area contributed by atoms with Crippen LogP contribution in [0.15, 0.2) is 24.4 Å².